The minimum absolute atomic E-state index is 0.225. The van der Waals surface area contributed by atoms with Crippen LogP contribution >= 0.6 is 0 Å². The molecule has 2 aromatic rings. The molecule has 3 saturated heterocycles. The third kappa shape index (κ3) is 2.58. The molecule has 1 aromatic heterocycles. The molecule has 24 heavy (non-hydrogen) atoms. The first kappa shape index (κ1) is 15.9. The first-order valence-corrected chi connectivity index (χ1v) is 9.06. The minimum Gasteiger partial charge on any atom is -0.497 e. The van der Waals surface area contributed by atoms with Gasteiger partial charge < -0.3 is 9.84 Å². The van der Waals surface area contributed by atoms with Crippen LogP contribution in [0.2, 0.25) is 0 Å². The van der Waals surface area contributed by atoms with Gasteiger partial charge in [-0.05, 0) is 61.1 Å². The molecule has 2 bridgehead atoms. The summed E-state index contributed by atoms with van der Waals surface area (Å²) < 4.78 is 5.36. The van der Waals surface area contributed by atoms with Gasteiger partial charge >= 0.3 is 0 Å². The standard InChI is InChI=1S/C20H26N2O2/c1-3-13-12-22-9-7-14(13)10-19(22)20(23)16-6-8-21-18-5-4-15(24-2)11-17(16)18/h4-6,8,11,13-14,19-20,23H,3,7,9-10,12H2,1-2H3/t13?,14-,19-,20+/m1/s1. The van der Waals surface area contributed by atoms with Gasteiger partial charge in [-0.15, -0.1) is 0 Å². The van der Waals surface area contributed by atoms with Crippen LogP contribution in [0.4, 0.5) is 0 Å². The quantitative estimate of drug-likeness (QED) is 0.935. The number of aromatic nitrogens is 1. The summed E-state index contributed by atoms with van der Waals surface area (Å²) >= 11 is 0. The molecule has 4 heterocycles. The van der Waals surface area contributed by atoms with E-state index in [-0.39, 0.29) is 6.04 Å². The third-order valence-corrected chi connectivity index (χ3v) is 6.13. The molecule has 3 fully saturated rings. The summed E-state index contributed by atoms with van der Waals surface area (Å²) in [4.78, 5) is 6.94. The van der Waals surface area contributed by atoms with Crippen molar-refractivity contribution in [1.29, 1.82) is 0 Å². The SMILES string of the molecule is CCC1CN2CC[C@@H]1C[C@@H]2[C@@H](O)c1ccnc2ccc(OC)cc12. The number of ether oxygens (including phenoxy) is 1. The lowest BCUT2D eigenvalue weighted by Crippen LogP contribution is -2.55. The van der Waals surface area contributed by atoms with Crippen LogP contribution in [0, 0.1) is 11.8 Å². The van der Waals surface area contributed by atoms with Crippen LogP contribution < -0.4 is 4.74 Å². The van der Waals surface area contributed by atoms with Gasteiger partial charge in [0.2, 0.25) is 0 Å². The highest BCUT2D eigenvalue weighted by atomic mass is 16.5. The number of hydrogen-bond donors (Lipinski definition) is 1. The molecule has 128 valence electrons. The minimum atomic E-state index is -0.469. The van der Waals surface area contributed by atoms with Crippen molar-refractivity contribution < 1.29 is 9.84 Å². The lowest BCUT2D eigenvalue weighted by molar-refractivity contribution is -0.0562. The molecule has 4 heteroatoms. The maximum atomic E-state index is 11.2. The van der Waals surface area contributed by atoms with Crippen molar-refractivity contribution in [3.63, 3.8) is 0 Å². The summed E-state index contributed by atoms with van der Waals surface area (Å²) in [7, 11) is 1.67. The van der Waals surface area contributed by atoms with Gasteiger partial charge in [-0.3, -0.25) is 9.88 Å². The fraction of sp³-hybridized carbons (Fsp3) is 0.550. The van der Waals surface area contributed by atoms with Gasteiger partial charge in [-0.2, -0.15) is 0 Å². The van der Waals surface area contributed by atoms with Crippen LogP contribution in [0.5, 0.6) is 5.75 Å². The van der Waals surface area contributed by atoms with E-state index in [9.17, 15) is 5.11 Å². The molecule has 2 unspecified atom stereocenters. The Bertz CT molecular complexity index is 733. The third-order valence-electron chi connectivity index (χ3n) is 6.13. The molecule has 1 N–H and O–H groups in total. The predicted molar refractivity (Wildman–Crippen MR) is 95.1 cm³/mol. The molecular formula is C20H26N2O2. The van der Waals surface area contributed by atoms with Gasteiger partial charge in [-0.25, -0.2) is 0 Å². The van der Waals surface area contributed by atoms with E-state index in [1.54, 1.807) is 13.3 Å². The molecule has 0 amide bonds. The van der Waals surface area contributed by atoms with Crippen LogP contribution in [-0.4, -0.2) is 41.2 Å². The average Bonchev–Trinajstić information content (AvgIpc) is 2.66. The second-order valence-corrected chi connectivity index (χ2v) is 7.24. The zero-order chi connectivity index (χ0) is 16.7. The number of pyridine rings is 1. The van der Waals surface area contributed by atoms with E-state index in [2.05, 4.69) is 16.8 Å². The molecule has 3 aliphatic heterocycles. The molecule has 3 aliphatic rings. The number of piperidine rings is 3. The highest BCUT2D eigenvalue weighted by molar-refractivity contribution is 5.83. The molecule has 0 radical (unpaired) electrons. The average molecular weight is 326 g/mol. The van der Waals surface area contributed by atoms with E-state index in [0.29, 0.717) is 0 Å². The molecule has 0 spiro atoms. The molecule has 4 nitrogen and oxygen atoms in total. The largest absolute Gasteiger partial charge is 0.497 e. The van der Waals surface area contributed by atoms with Crippen molar-refractivity contribution in [3.8, 4) is 5.75 Å². The molecule has 5 atom stereocenters. The number of aliphatic hydroxyl groups is 1. The number of rotatable bonds is 4. The number of benzene rings is 1. The summed E-state index contributed by atoms with van der Waals surface area (Å²) in [6.07, 6.45) is 4.97. The monoisotopic (exact) mass is 326 g/mol. The van der Waals surface area contributed by atoms with Crippen LogP contribution in [0.1, 0.15) is 37.9 Å². The second kappa shape index (κ2) is 6.34. The summed E-state index contributed by atoms with van der Waals surface area (Å²) in [6, 6.07) is 8.07. The van der Waals surface area contributed by atoms with Crippen LogP contribution in [0.25, 0.3) is 10.9 Å². The fourth-order valence-electron chi connectivity index (χ4n) is 4.71. The number of nitrogens with zero attached hydrogens (tertiary/aromatic N) is 2. The molecule has 1 aromatic carbocycles. The van der Waals surface area contributed by atoms with Gasteiger partial charge in [0, 0.05) is 24.2 Å². The van der Waals surface area contributed by atoms with Crippen molar-refractivity contribution >= 4 is 10.9 Å². The Kier molecular flexibility index (Phi) is 4.19. The zero-order valence-corrected chi connectivity index (χ0v) is 14.5. The number of hydrogen-bond acceptors (Lipinski definition) is 4. The summed E-state index contributed by atoms with van der Waals surface area (Å²) in [5.41, 5.74) is 1.89. The zero-order valence-electron chi connectivity index (χ0n) is 14.5. The Balaban J connectivity index is 1.68. The highest BCUT2D eigenvalue weighted by Gasteiger charge is 2.42. The summed E-state index contributed by atoms with van der Waals surface area (Å²) in [5, 5.41) is 12.2. The topological polar surface area (TPSA) is 45.6 Å². The van der Waals surface area contributed by atoms with E-state index in [1.165, 1.54) is 12.8 Å². The first-order chi connectivity index (χ1) is 11.7. The molecular weight excluding hydrogens is 300 g/mol. The maximum Gasteiger partial charge on any atom is 0.119 e. The molecule has 5 rings (SSSR count). The van der Waals surface area contributed by atoms with Crippen molar-refractivity contribution in [1.82, 2.24) is 9.88 Å². The highest BCUT2D eigenvalue weighted by Crippen LogP contribution is 2.42. The van der Waals surface area contributed by atoms with E-state index >= 15 is 0 Å². The number of methoxy groups -OCH3 is 1. The van der Waals surface area contributed by atoms with E-state index in [0.717, 1.165) is 53.6 Å². The van der Waals surface area contributed by atoms with Gasteiger partial charge in [0.15, 0.2) is 0 Å². The van der Waals surface area contributed by atoms with E-state index in [4.69, 9.17) is 4.74 Å². The maximum absolute atomic E-state index is 11.2. The Labute approximate surface area is 143 Å². The summed E-state index contributed by atoms with van der Waals surface area (Å²) in [6.45, 7) is 4.55. The van der Waals surface area contributed by atoms with Crippen molar-refractivity contribution in [2.45, 2.75) is 38.3 Å². The predicted octanol–water partition coefficient (Wildman–Crippen LogP) is 3.40. The Morgan fingerprint density at radius 2 is 2.25 bits per heavy atom. The second-order valence-electron chi connectivity index (χ2n) is 7.24. The van der Waals surface area contributed by atoms with Gasteiger partial charge in [-0.1, -0.05) is 13.3 Å². The molecule has 0 saturated carbocycles. The van der Waals surface area contributed by atoms with Crippen molar-refractivity contribution in [2.24, 2.45) is 11.8 Å². The fourth-order valence-corrected chi connectivity index (χ4v) is 4.71. The lowest BCUT2D eigenvalue weighted by atomic mass is 9.72. The smallest absolute Gasteiger partial charge is 0.119 e. The van der Waals surface area contributed by atoms with Gasteiger partial charge in [0.1, 0.15) is 5.75 Å². The lowest BCUT2D eigenvalue weighted by Gasteiger charge is -2.51. The normalized spacial score (nSPS) is 30.5. The van der Waals surface area contributed by atoms with Gasteiger partial charge in [0.05, 0.1) is 18.7 Å². The number of aliphatic hydroxyl groups excluding tert-OH is 1. The van der Waals surface area contributed by atoms with Crippen LogP contribution in [-0.2, 0) is 0 Å². The van der Waals surface area contributed by atoms with Crippen molar-refractivity contribution in [2.75, 3.05) is 20.2 Å². The summed E-state index contributed by atoms with van der Waals surface area (Å²) in [5.74, 6) is 2.37. The van der Waals surface area contributed by atoms with Crippen LogP contribution in [0.15, 0.2) is 30.5 Å². The van der Waals surface area contributed by atoms with Crippen molar-refractivity contribution in [3.05, 3.63) is 36.0 Å². The number of fused-ring (bicyclic) bond motifs is 4. The Hall–Kier alpha value is -1.65. The van der Waals surface area contributed by atoms with E-state index in [1.807, 2.05) is 24.3 Å². The Morgan fingerprint density at radius 3 is 2.96 bits per heavy atom. The van der Waals surface area contributed by atoms with Gasteiger partial charge in [0.25, 0.3) is 0 Å². The van der Waals surface area contributed by atoms with E-state index < -0.39 is 6.10 Å². The first-order valence-electron chi connectivity index (χ1n) is 9.06. The van der Waals surface area contributed by atoms with Crippen LogP contribution in [0.3, 0.4) is 0 Å². The molecule has 0 aliphatic carbocycles. The Morgan fingerprint density at radius 1 is 1.38 bits per heavy atom.